The quantitative estimate of drug-likeness (QED) is 0.256. The lowest BCUT2D eigenvalue weighted by Crippen LogP contribution is -2.23. The van der Waals surface area contributed by atoms with E-state index in [1.165, 1.54) is 11.1 Å². The Morgan fingerprint density at radius 3 is 2.89 bits per heavy atom. The fourth-order valence-corrected chi connectivity index (χ4v) is 4.79. The van der Waals surface area contributed by atoms with Crippen molar-refractivity contribution in [2.24, 2.45) is 0 Å². The van der Waals surface area contributed by atoms with Crippen molar-refractivity contribution in [2.75, 3.05) is 5.32 Å². The summed E-state index contributed by atoms with van der Waals surface area (Å²) in [6.07, 6.45) is 12.6. The SMILES string of the molecule is C=C(CC)Nc1cncc(/C(C)=C/C=c2/[nH]nc(-c3cc4c(-c5ccsc5)ccnc4[nH]3)/c2=C\C)c1. The Bertz CT molecular complexity index is 1690. The molecule has 0 aliphatic heterocycles. The molecule has 0 amide bonds. The lowest BCUT2D eigenvalue weighted by atomic mass is 10.1. The van der Waals surface area contributed by atoms with Crippen LogP contribution in [0.1, 0.15) is 32.8 Å². The lowest BCUT2D eigenvalue weighted by molar-refractivity contribution is 1.06. The van der Waals surface area contributed by atoms with Gasteiger partial charge in [-0.1, -0.05) is 25.7 Å². The number of anilines is 1. The van der Waals surface area contributed by atoms with E-state index in [1.54, 1.807) is 11.3 Å². The first-order chi connectivity index (χ1) is 17.6. The van der Waals surface area contributed by atoms with E-state index in [0.717, 1.165) is 61.9 Å². The van der Waals surface area contributed by atoms with Gasteiger partial charge in [0.15, 0.2) is 0 Å². The number of nitrogens with one attached hydrogen (secondary N) is 3. The molecule has 0 bridgehead atoms. The second kappa shape index (κ2) is 10.2. The summed E-state index contributed by atoms with van der Waals surface area (Å²) in [5.41, 5.74) is 9.07. The summed E-state index contributed by atoms with van der Waals surface area (Å²) in [6, 6.07) is 8.41. The normalized spacial score (nSPS) is 13.0. The number of fused-ring (bicyclic) bond motifs is 1. The van der Waals surface area contributed by atoms with Crippen LogP contribution in [0.2, 0.25) is 0 Å². The molecular weight excluding hydrogens is 464 g/mol. The van der Waals surface area contributed by atoms with Crippen molar-refractivity contribution in [3.8, 4) is 22.5 Å². The van der Waals surface area contributed by atoms with E-state index in [-0.39, 0.29) is 0 Å². The van der Waals surface area contributed by atoms with Gasteiger partial charge in [-0.3, -0.25) is 10.1 Å². The van der Waals surface area contributed by atoms with Gasteiger partial charge in [-0.05, 0) is 83.6 Å². The number of nitrogens with zero attached hydrogens (tertiary/aromatic N) is 3. The highest BCUT2D eigenvalue weighted by Crippen LogP contribution is 2.31. The molecule has 0 aliphatic rings. The molecule has 5 aromatic rings. The Morgan fingerprint density at radius 2 is 2.11 bits per heavy atom. The number of rotatable bonds is 7. The Balaban J connectivity index is 1.50. The van der Waals surface area contributed by atoms with Gasteiger partial charge in [0.1, 0.15) is 11.3 Å². The van der Waals surface area contributed by atoms with Crippen molar-refractivity contribution in [3.63, 3.8) is 0 Å². The van der Waals surface area contributed by atoms with E-state index in [2.05, 4.69) is 104 Å². The summed E-state index contributed by atoms with van der Waals surface area (Å²) in [5, 5.41) is 18.5. The first kappa shape index (κ1) is 23.5. The average Bonchev–Trinajstić information content (AvgIpc) is 3.66. The van der Waals surface area contributed by atoms with Gasteiger partial charge in [-0.2, -0.15) is 16.4 Å². The maximum Gasteiger partial charge on any atom is 0.138 e. The predicted molar refractivity (Wildman–Crippen MR) is 152 cm³/mol. The second-order valence-corrected chi connectivity index (χ2v) is 9.34. The molecule has 36 heavy (non-hydrogen) atoms. The molecule has 5 rings (SSSR count). The number of aromatic nitrogens is 5. The van der Waals surface area contributed by atoms with Gasteiger partial charge in [0.2, 0.25) is 0 Å². The van der Waals surface area contributed by atoms with Crippen LogP contribution in [0.5, 0.6) is 0 Å². The molecule has 0 aliphatic carbocycles. The van der Waals surface area contributed by atoms with Crippen LogP contribution in [0.4, 0.5) is 5.69 Å². The van der Waals surface area contributed by atoms with E-state index >= 15 is 0 Å². The summed E-state index contributed by atoms with van der Waals surface area (Å²) in [7, 11) is 0. The smallest absolute Gasteiger partial charge is 0.138 e. The molecule has 5 aromatic heterocycles. The summed E-state index contributed by atoms with van der Waals surface area (Å²) >= 11 is 1.69. The minimum absolute atomic E-state index is 0.853. The second-order valence-electron chi connectivity index (χ2n) is 8.56. The largest absolute Gasteiger partial charge is 0.358 e. The third kappa shape index (κ3) is 4.65. The standard InChI is InChI=1S/C29H28N6S/c1-5-19(4)32-22-13-21(15-30-16-22)18(3)7-8-26-23(6-2)28(35-34-26)27-14-25-24(20-10-12-36-17-20)9-11-31-29(25)33-27/h6-17,32,34H,4-5H2,1-3H3,(H,31,33)/b18-7+,23-6-,26-8+. The highest BCUT2D eigenvalue weighted by atomic mass is 32.1. The van der Waals surface area contributed by atoms with E-state index in [1.807, 2.05) is 25.5 Å². The minimum atomic E-state index is 0.853. The van der Waals surface area contributed by atoms with Crippen LogP contribution in [0, 0.1) is 0 Å². The van der Waals surface area contributed by atoms with Crippen LogP contribution in [0.25, 0.3) is 51.3 Å². The molecule has 0 radical (unpaired) electrons. The minimum Gasteiger partial charge on any atom is -0.358 e. The number of thiophene rings is 1. The molecular formula is C29H28N6S. The van der Waals surface area contributed by atoms with E-state index in [9.17, 15) is 0 Å². The molecule has 0 saturated heterocycles. The van der Waals surface area contributed by atoms with Gasteiger partial charge >= 0.3 is 0 Å². The van der Waals surface area contributed by atoms with E-state index in [4.69, 9.17) is 0 Å². The molecule has 5 heterocycles. The third-order valence-electron chi connectivity index (χ3n) is 6.18. The summed E-state index contributed by atoms with van der Waals surface area (Å²) in [6.45, 7) is 10.2. The van der Waals surface area contributed by atoms with Crippen molar-refractivity contribution in [3.05, 3.63) is 88.1 Å². The van der Waals surface area contributed by atoms with Gasteiger partial charge in [-0.15, -0.1) is 0 Å². The first-order valence-electron chi connectivity index (χ1n) is 11.9. The number of aromatic amines is 2. The van der Waals surface area contributed by atoms with Crippen LogP contribution in [0.15, 0.2) is 72.0 Å². The van der Waals surface area contributed by atoms with Crippen molar-refractivity contribution < 1.29 is 0 Å². The van der Waals surface area contributed by atoms with Gasteiger partial charge in [0.25, 0.3) is 0 Å². The fourth-order valence-electron chi connectivity index (χ4n) is 4.13. The van der Waals surface area contributed by atoms with Crippen LogP contribution in [-0.4, -0.2) is 25.1 Å². The number of hydrogen-bond donors (Lipinski definition) is 3. The van der Waals surface area contributed by atoms with Crippen LogP contribution >= 0.6 is 11.3 Å². The first-order valence-corrected chi connectivity index (χ1v) is 12.8. The molecule has 180 valence electrons. The summed E-state index contributed by atoms with van der Waals surface area (Å²) < 4.78 is 0. The van der Waals surface area contributed by atoms with Gasteiger partial charge < -0.3 is 10.3 Å². The van der Waals surface area contributed by atoms with Crippen molar-refractivity contribution in [1.29, 1.82) is 0 Å². The maximum atomic E-state index is 4.65. The van der Waals surface area contributed by atoms with Gasteiger partial charge in [-0.25, -0.2) is 4.98 Å². The number of allylic oxidation sites excluding steroid dienone is 3. The number of H-pyrrole nitrogens is 2. The Hall–Kier alpha value is -4.23. The van der Waals surface area contributed by atoms with E-state index in [0.29, 0.717) is 0 Å². The van der Waals surface area contributed by atoms with Crippen molar-refractivity contribution in [1.82, 2.24) is 25.1 Å². The molecule has 0 saturated carbocycles. The maximum absolute atomic E-state index is 4.65. The number of hydrogen-bond acceptors (Lipinski definition) is 5. The molecule has 3 N–H and O–H groups in total. The molecule has 0 fully saturated rings. The Labute approximate surface area is 213 Å². The van der Waals surface area contributed by atoms with Crippen LogP contribution in [-0.2, 0) is 0 Å². The van der Waals surface area contributed by atoms with Crippen LogP contribution in [0.3, 0.4) is 0 Å². The van der Waals surface area contributed by atoms with Crippen molar-refractivity contribution >= 4 is 45.8 Å². The zero-order valence-corrected chi connectivity index (χ0v) is 21.4. The lowest BCUT2D eigenvalue weighted by Gasteiger charge is -2.08. The Kier molecular flexibility index (Phi) is 6.64. The fraction of sp³-hybridized carbons (Fsp3) is 0.138. The van der Waals surface area contributed by atoms with Gasteiger partial charge in [0, 0.05) is 28.7 Å². The molecule has 0 unspecified atom stereocenters. The van der Waals surface area contributed by atoms with Crippen molar-refractivity contribution in [2.45, 2.75) is 27.2 Å². The molecule has 0 atom stereocenters. The van der Waals surface area contributed by atoms with Gasteiger partial charge in [0.05, 0.1) is 22.9 Å². The Morgan fingerprint density at radius 1 is 1.22 bits per heavy atom. The highest BCUT2D eigenvalue weighted by Gasteiger charge is 2.12. The molecule has 0 spiro atoms. The number of pyridine rings is 2. The molecule has 6 nitrogen and oxygen atoms in total. The average molecular weight is 493 g/mol. The monoisotopic (exact) mass is 492 g/mol. The molecule has 7 heteroatoms. The van der Waals surface area contributed by atoms with E-state index < -0.39 is 0 Å². The summed E-state index contributed by atoms with van der Waals surface area (Å²) in [5.74, 6) is 0. The third-order valence-corrected chi connectivity index (χ3v) is 6.87. The topological polar surface area (TPSA) is 82.3 Å². The summed E-state index contributed by atoms with van der Waals surface area (Å²) in [4.78, 5) is 12.4. The van der Waals surface area contributed by atoms with Crippen LogP contribution < -0.4 is 15.9 Å². The molecule has 0 aromatic carbocycles. The zero-order valence-electron chi connectivity index (χ0n) is 20.6. The zero-order chi connectivity index (χ0) is 25.1. The predicted octanol–water partition coefficient (Wildman–Crippen LogP) is 6.10. The highest BCUT2D eigenvalue weighted by molar-refractivity contribution is 7.08.